The fraction of sp³-hybridized carbons (Fsp3) is 0.115. The number of ether oxygens (including phenoxy) is 1. The number of fused-ring (bicyclic) bond motifs is 4. The van der Waals surface area contributed by atoms with Gasteiger partial charge >= 0.3 is 0 Å². The van der Waals surface area contributed by atoms with Gasteiger partial charge in [-0.3, -0.25) is 0 Å². The Bertz CT molecular complexity index is 1350. The lowest BCUT2D eigenvalue weighted by Crippen LogP contribution is -2.33. The molecule has 0 fully saturated rings. The van der Waals surface area contributed by atoms with Crippen LogP contribution in [0.25, 0.3) is 10.8 Å². The minimum atomic E-state index is -0.324. The Hall–Kier alpha value is -2.82. The van der Waals surface area contributed by atoms with E-state index in [2.05, 4.69) is 69.5 Å². The average molecular weight is 490 g/mol. The molecule has 2 heterocycles. The van der Waals surface area contributed by atoms with Crippen LogP contribution in [-0.2, 0) is 0 Å². The molecule has 0 saturated carbocycles. The Balaban J connectivity index is 1.46. The zero-order valence-electron chi connectivity index (χ0n) is 16.5. The van der Waals surface area contributed by atoms with Gasteiger partial charge in [-0.25, -0.2) is 5.01 Å². The maximum absolute atomic E-state index is 6.44. The molecule has 2 atom stereocenters. The minimum absolute atomic E-state index is 0.103. The molecule has 4 aromatic carbocycles. The third kappa shape index (κ3) is 3.31. The lowest BCUT2D eigenvalue weighted by Gasteiger charge is -2.38. The van der Waals surface area contributed by atoms with Crippen molar-refractivity contribution in [2.75, 3.05) is 0 Å². The van der Waals surface area contributed by atoms with Crippen molar-refractivity contribution in [2.24, 2.45) is 5.10 Å². The summed E-state index contributed by atoms with van der Waals surface area (Å²) >= 11 is 9.91. The number of rotatable bonds is 2. The number of hydrogen-bond donors (Lipinski definition) is 0. The smallest absolute Gasteiger partial charge is 0.213 e. The fourth-order valence-corrected chi connectivity index (χ4v) is 5.06. The Labute approximate surface area is 194 Å². The molecule has 3 nitrogen and oxygen atoms in total. The van der Waals surface area contributed by atoms with Crippen LogP contribution in [0.15, 0.2) is 94.5 Å². The van der Waals surface area contributed by atoms with Crippen molar-refractivity contribution in [1.82, 2.24) is 5.01 Å². The molecule has 0 aromatic heterocycles. The van der Waals surface area contributed by atoms with Crippen molar-refractivity contribution in [1.29, 1.82) is 0 Å². The molecule has 4 aromatic rings. The second-order valence-corrected chi connectivity index (χ2v) is 9.27. The van der Waals surface area contributed by atoms with Crippen molar-refractivity contribution in [2.45, 2.75) is 18.7 Å². The summed E-state index contributed by atoms with van der Waals surface area (Å²) in [5.41, 5.74) is 4.36. The van der Waals surface area contributed by atoms with Crippen molar-refractivity contribution in [3.8, 4) is 5.75 Å². The van der Waals surface area contributed by atoms with Crippen LogP contribution in [0.3, 0.4) is 0 Å². The first-order valence-electron chi connectivity index (χ1n) is 10.2. The number of nitrogens with zero attached hydrogens (tertiary/aromatic N) is 2. The molecular formula is C26H18BrClN2O. The second kappa shape index (κ2) is 7.40. The van der Waals surface area contributed by atoms with E-state index in [0.717, 1.165) is 39.0 Å². The first-order chi connectivity index (χ1) is 15.2. The van der Waals surface area contributed by atoms with Crippen molar-refractivity contribution >= 4 is 44.0 Å². The quantitative estimate of drug-likeness (QED) is 0.291. The van der Waals surface area contributed by atoms with E-state index in [0.29, 0.717) is 5.02 Å². The fourth-order valence-electron chi connectivity index (χ4n) is 4.48. The topological polar surface area (TPSA) is 24.8 Å². The highest BCUT2D eigenvalue weighted by molar-refractivity contribution is 9.10. The number of halogens is 2. The summed E-state index contributed by atoms with van der Waals surface area (Å²) in [6.07, 6.45) is 0.498. The molecule has 2 aliphatic rings. The van der Waals surface area contributed by atoms with Gasteiger partial charge < -0.3 is 4.74 Å². The molecule has 6 rings (SSSR count). The molecule has 0 N–H and O–H groups in total. The van der Waals surface area contributed by atoms with Crippen LogP contribution in [0.5, 0.6) is 5.75 Å². The molecule has 31 heavy (non-hydrogen) atoms. The molecule has 2 aliphatic heterocycles. The van der Waals surface area contributed by atoms with Crippen LogP contribution in [0.4, 0.5) is 0 Å². The average Bonchev–Trinajstić information content (AvgIpc) is 3.24. The number of hydrazone groups is 1. The zero-order chi connectivity index (χ0) is 20.9. The van der Waals surface area contributed by atoms with E-state index in [1.807, 2.05) is 36.4 Å². The van der Waals surface area contributed by atoms with E-state index in [1.54, 1.807) is 0 Å². The maximum atomic E-state index is 6.44. The lowest BCUT2D eigenvalue weighted by molar-refractivity contribution is -0.0190. The first kappa shape index (κ1) is 18.9. The molecule has 0 bridgehead atoms. The van der Waals surface area contributed by atoms with Crippen molar-refractivity contribution < 1.29 is 4.74 Å². The molecule has 5 heteroatoms. The number of benzene rings is 4. The van der Waals surface area contributed by atoms with Gasteiger partial charge in [0.1, 0.15) is 5.75 Å². The summed E-state index contributed by atoms with van der Waals surface area (Å²) in [7, 11) is 0. The van der Waals surface area contributed by atoms with Gasteiger partial charge in [-0.2, -0.15) is 5.10 Å². The molecule has 0 saturated heterocycles. The highest BCUT2D eigenvalue weighted by atomic mass is 79.9. The third-order valence-electron chi connectivity index (χ3n) is 5.97. The van der Waals surface area contributed by atoms with Gasteiger partial charge in [0.2, 0.25) is 6.23 Å². The van der Waals surface area contributed by atoms with Gasteiger partial charge in [-0.1, -0.05) is 76.1 Å². The lowest BCUT2D eigenvalue weighted by atomic mass is 9.95. The second-order valence-electron chi connectivity index (χ2n) is 7.92. The van der Waals surface area contributed by atoms with Gasteiger partial charge in [0.25, 0.3) is 0 Å². The van der Waals surface area contributed by atoms with E-state index in [-0.39, 0.29) is 12.3 Å². The van der Waals surface area contributed by atoms with Crippen molar-refractivity contribution in [3.05, 3.63) is 111 Å². The Kier molecular flexibility index (Phi) is 4.51. The van der Waals surface area contributed by atoms with Crippen LogP contribution in [0.2, 0.25) is 5.02 Å². The highest BCUT2D eigenvalue weighted by Gasteiger charge is 2.41. The SMILES string of the molecule is Clc1cccc([C@@H]2Oc3ccc(Br)cc3[C@H]3CC(c4ccc5ccccc5c4)=NN32)c1. The molecule has 152 valence electrons. The monoisotopic (exact) mass is 488 g/mol. The molecule has 0 aliphatic carbocycles. The van der Waals surface area contributed by atoms with Gasteiger partial charge in [0, 0.05) is 27.0 Å². The van der Waals surface area contributed by atoms with Crippen LogP contribution >= 0.6 is 27.5 Å². The molecule has 0 amide bonds. The van der Waals surface area contributed by atoms with Crippen LogP contribution in [0.1, 0.15) is 35.4 Å². The summed E-state index contributed by atoms with van der Waals surface area (Å²) < 4.78 is 7.47. The van der Waals surface area contributed by atoms with Crippen LogP contribution < -0.4 is 4.74 Å². The predicted molar refractivity (Wildman–Crippen MR) is 129 cm³/mol. The summed E-state index contributed by atoms with van der Waals surface area (Å²) in [5, 5.41) is 10.3. The van der Waals surface area contributed by atoms with Gasteiger partial charge in [-0.15, -0.1) is 0 Å². The normalized spacial score (nSPS) is 19.5. The summed E-state index contributed by atoms with van der Waals surface area (Å²) in [6.45, 7) is 0. The van der Waals surface area contributed by atoms with Gasteiger partial charge in [0.05, 0.1) is 11.8 Å². The summed E-state index contributed by atoms with van der Waals surface area (Å²) in [4.78, 5) is 0. The molecule has 0 unspecified atom stereocenters. The highest BCUT2D eigenvalue weighted by Crippen LogP contribution is 2.48. The minimum Gasteiger partial charge on any atom is -0.464 e. The maximum Gasteiger partial charge on any atom is 0.213 e. The third-order valence-corrected chi connectivity index (χ3v) is 6.70. The number of hydrogen-bond acceptors (Lipinski definition) is 3. The largest absolute Gasteiger partial charge is 0.464 e. The van der Waals surface area contributed by atoms with E-state index < -0.39 is 0 Å². The Morgan fingerprint density at radius 3 is 2.65 bits per heavy atom. The zero-order valence-corrected chi connectivity index (χ0v) is 18.8. The summed E-state index contributed by atoms with van der Waals surface area (Å²) in [6, 6.07) is 29.1. The van der Waals surface area contributed by atoms with Crippen molar-refractivity contribution in [3.63, 3.8) is 0 Å². The molecular weight excluding hydrogens is 472 g/mol. The van der Waals surface area contributed by atoms with Crippen LogP contribution in [-0.4, -0.2) is 10.7 Å². The first-order valence-corrected chi connectivity index (χ1v) is 11.4. The van der Waals surface area contributed by atoms with Crippen LogP contribution in [0, 0.1) is 0 Å². The molecule has 0 radical (unpaired) electrons. The predicted octanol–water partition coefficient (Wildman–Crippen LogP) is 7.50. The Morgan fingerprint density at radius 1 is 0.903 bits per heavy atom. The van der Waals surface area contributed by atoms with Gasteiger partial charge in [0.15, 0.2) is 0 Å². The standard InChI is InChI=1S/C26H18BrClN2O/c27-20-10-11-25-22(14-20)24-15-23(18-9-8-16-4-1-2-5-17(16)12-18)29-30(24)26(31-25)19-6-3-7-21(28)13-19/h1-14,24,26H,15H2/t24-,26+/m1/s1. The Morgan fingerprint density at radius 2 is 1.77 bits per heavy atom. The van der Waals surface area contributed by atoms with E-state index >= 15 is 0 Å². The van der Waals surface area contributed by atoms with E-state index in [4.69, 9.17) is 21.4 Å². The van der Waals surface area contributed by atoms with E-state index in [1.165, 1.54) is 10.8 Å². The molecule has 0 spiro atoms. The van der Waals surface area contributed by atoms with E-state index in [9.17, 15) is 0 Å². The summed E-state index contributed by atoms with van der Waals surface area (Å²) in [5.74, 6) is 0.893. The van der Waals surface area contributed by atoms with Gasteiger partial charge in [-0.05, 0) is 52.7 Å².